The zero-order chi connectivity index (χ0) is 11.3. The normalized spacial score (nSPS) is 10.5. The molecule has 0 radical (unpaired) electrons. The maximum Gasteiger partial charge on any atom is 0.123 e. The summed E-state index contributed by atoms with van der Waals surface area (Å²) >= 11 is 3.41. The largest absolute Gasteiger partial charge is 0.497 e. The summed E-state index contributed by atoms with van der Waals surface area (Å²) in [6, 6.07) is 5.82. The molecule has 84 valence electrons. The number of hydrogen-bond acceptors (Lipinski definition) is 3. The highest BCUT2D eigenvalue weighted by molar-refractivity contribution is 9.09. The smallest absolute Gasteiger partial charge is 0.123 e. The van der Waals surface area contributed by atoms with Crippen molar-refractivity contribution < 1.29 is 9.47 Å². The molecular weight excluding hydrogens is 258 g/mol. The highest BCUT2D eigenvalue weighted by Crippen LogP contribution is 2.24. The van der Waals surface area contributed by atoms with Gasteiger partial charge in [0.1, 0.15) is 11.5 Å². The van der Waals surface area contributed by atoms with Gasteiger partial charge in [-0.1, -0.05) is 15.9 Å². The summed E-state index contributed by atoms with van der Waals surface area (Å²) in [6.45, 7) is 0.825. The molecule has 15 heavy (non-hydrogen) atoms. The Kier molecular flexibility index (Phi) is 4.91. The monoisotopic (exact) mass is 273 g/mol. The molecule has 3 nitrogen and oxygen atoms in total. The third-order valence-corrected chi connectivity index (χ3v) is 2.99. The molecule has 0 aliphatic rings. The molecule has 1 aromatic rings. The minimum absolute atomic E-state index is 0.825. The van der Waals surface area contributed by atoms with E-state index >= 15 is 0 Å². The predicted molar refractivity (Wildman–Crippen MR) is 64.8 cm³/mol. The van der Waals surface area contributed by atoms with Gasteiger partial charge in [0.15, 0.2) is 0 Å². The lowest BCUT2D eigenvalue weighted by Gasteiger charge is -2.16. The average molecular weight is 274 g/mol. The van der Waals surface area contributed by atoms with Crippen LogP contribution in [-0.2, 0) is 6.54 Å². The number of hydrogen-bond donors (Lipinski definition) is 0. The van der Waals surface area contributed by atoms with Crippen LogP contribution in [0.4, 0.5) is 0 Å². The Morgan fingerprint density at radius 3 is 2.53 bits per heavy atom. The lowest BCUT2D eigenvalue weighted by molar-refractivity contribution is 0.360. The van der Waals surface area contributed by atoms with Crippen LogP contribution in [0.25, 0.3) is 0 Å². The van der Waals surface area contributed by atoms with E-state index in [9.17, 15) is 0 Å². The fraction of sp³-hybridized carbons (Fsp3) is 0.455. The van der Waals surface area contributed by atoms with Gasteiger partial charge in [0.2, 0.25) is 0 Å². The van der Waals surface area contributed by atoms with E-state index in [1.807, 2.05) is 25.2 Å². The first kappa shape index (κ1) is 12.3. The molecule has 0 aliphatic carbocycles. The summed E-state index contributed by atoms with van der Waals surface area (Å²) in [7, 11) is 5.38. The third-order valence-electron chi connectivity index (χ3n) is 2.13. The zero-order valence-corrected chi connectivity index (χ0v) is 10.9. The topological polar surface area (TPSA) is 21.7 Å². The minimum atomic E-state index is 0.825. The molecule has 0 amide bonds. The molecule has 0 aromatic heterocycles. The van der Waals surface area contributed by atoms with Gasteiger partial charge in [-0.2, -0.15) is 0 Å². The SMILES string of the molecule is COc1ccc(OC)c(CN(C)CBr)c1. The van der Waals surface area contributed by atoms with Gasteiger partial charge in [0, 0.05) is 12.1 Å². The van der Waals surface area contributed by atoms with E-state index in [-0.39, 0.29) is 0 Å². The van der Waals surface area contributed by atoms with Crippen LogP contribution in [0.2, 0.25) is 0 Å². The predicted octanol–water partition coefficient (Wildman–Crippen LogP) is 2.49. The Morgan fingerprint density at radius 1 is 1.27 bits per heavy atom. The molecule has 0 spiro atoms. The first-order valence-electron chi connectivity index (χ1n) is 4.66. The van der Waals surface area contributed by atoms with Crippen molar-refractivity contribution in [1.82, 2.24) is 4.90 Å². The van der Waals surface area contributed by atoms with Crippen LogP contribution in [-0.4, -0.2) is 31.6 Å². The first-order valence-corrected chi connectivity index (χ1v) is 5.78. The van der Waals surface area contributed by atoms with Crippen molar-refractivity contribution in [3.8, 4) is 11.5 Å². The highest BCUT2D eigenvalue weighted by atomic mass is 79.9. The van der Waals surface area contributed by atoms with Crippen molar-refractivity contribution >= 4 is 15.9 Å². The Morgan fingerprint density at radius 2 is 2.00 bits per heavy atom. The van der Waals surface area contributed by atoms with E-state index < -0.39 is 0 Å². The zero-order valence-electron chi connectivity index (χ0n) is 9.29. The van der Waals surface area contributed by atoms with E-state index in [2.05, 4.69) is 20.8 Å². The van der Waals surface area contributed by atoms with Gasteiger partial charge in [0.25, 0.3) is 0 Å². The second-order valence-corrected chi connectivity index (χ2v) is 3.81. The molecule has 1 aromatic carbocycles. The first-order chi connectivity index (χ1) is 7.21. The van der Waals surface area contributed by atoms with Crippen molar-refractivity contribution in [1.29, 1.82) is 0 Å². The molecule has 4 heteroatoms. The number of halogens is 1. The molecule has 0 atom stereocenters. The van der Waals surface area contributed by atoms with Gasteiger partial charge in [0.05, 0.1) is 19.7 Å². The quantitative estimate of drug-likeness (QED) is 0.608. The summed E-state index contributed by atoms with van der Waals surface area (Å²) in [6.07, 6.45) is 0. The maximum absolute atomic E-state index is 5.29. The van der Waals surface area contributed by atoms with Crippen LogP contribution < -0.4 is 9.47 Å². The molecule has 1 rings (SSSR count). The Labute approximate surface area is 99.1 Å². The van der Waals surface area contributed by atoms with Gasteiger partial charge in [-0.05, 0) is 25.2 Å². The standard InChI is InChI=1S/C11H16BrNO2/c1-13(8-12)7-9-6-10(14-2)4-5-11(9)15-3/h4-6H,7-8H2,1-3H3. The Balaban J connectivity index is 2.90. The van der Waals surface area contributed by atoms with Gasteiger partial charge < -0.3 is 9.47 Å². The Bertz CT molecular complexity index is 317. The Hall–Kier alpha value is -0.740. The van der Waals surface area contributed by atoms with Gasteiger partial charge in [-0.3, -0.25) is 4.90 Å². The molecule has 0 saturated carbocycles. The molecule has 0 fully saturated rings. The van der Waals surface area contributed by atoms with E-state index in [1.54, 1.807) is 14.2 Å². The molecule has 0 heterocycles. The molecule has 0 aliphatic heterocycles. The molecule has 0 unspecified atom stereocenters. The van der Waals surface area contributed by atoms with Crippen LogP contribution >= 0.6 is 15.9 Å². The lowest BCUT2D eigenvalue weighted by atomic mass is 10.2. The van der Waals surface area contributed by atoms with E-state index in [1.165, 1.54) is 0 Å². The van der Waals surface area contributed by atoms with Crippen LogP contribution in [0, 0.1) is 0 Å². The number of rotatable bonds is 5. The molecular formula is C11H16BrNO2. The van der Waals surface area contributed by atoms with Gasteiger partial charge in [-0.25, -0.2) is 0 Å². The minimum Gasteiger partial charge on any atom is -0.497 e. The fourth-order valence-electron chi connectivity index (χ4n) is 1.34. The summed E-state index contributed by atoms with van der Waals surface area (Å²) in [5, 5.41) is 0. The summed E-state index contributed by atoms with van der Waals surface area (Å²) < 4.78 is 10.5. The maximum atomic E-state index is 5.29. The van der Waals surface area contributed by atoms with Crippen molar-refractivity contribution in [2.24, 2.45) is 0 Å². The van der Waals surface area contributed by atoms with Gasteiger partial charge in [-0.15, -0.1) is 0 Å². The van der Waals surface area contributed by atoms with Crippen LogP contribution in [0.1, 0.15) is 5.56 Å². The summed E-state index contributed by atoms with van der Waals surface area (Å²) in [5.41, 5.74) is 1.95. The van der Waals surface area contributed by atoms with Crippen LogP contribution in [0.5, 0.6) is 11.5 Å². The second kappa shape index (κ2) is 5.98. The van der Waals surface area contributed by atoms with Gasteiger partial charge >= 0.3 is 0 Å². The van der Waals surface area contributed by atoms with Crippen molar-refractivity contribution in [3.63, 3.8) is 0 Å². The fourth-order valence-corrected chi connectivity index (χ4v) is 1.52. The van der Waals surface area contributed by atoms with Crippen LogP contribution in [0.3, 0.4) is 0 Å². The number of methoxy groups -OCH3 is 2. The average Bonchev–Trinajstić information content (AvgIpc) is 2.28. The number of nitrogens with zero attached hydrogens (tertiary/aromatic N) is 1. The lowest BCUT2D eigenvalue weighted by Crippen LogP contribution is -2.15. The molecule has 0 N–H and O–H groups in total. The van der Waals surface area contributed by atoms with E-state index in [4.69, 9.17) is 9.47 Å². The van der Waals surface area contributed by atoms with Crippen molar-refractivity contribution in [2.45, 2.75) is 6.54 Å². The number of ether oxygens (including phenoxy) is 2. The van der Waals surface area contributed by atoms with E-state index in [0.717, 1.165) is 29.1 Å². The summed E-state index contributed by atoms with van der Waals surface area (Å²) in [4.78, 5) is 2.14. The third kappa shape index (κ3) is 3.39. The van der Waals surface area contributed by atoms with Crippen LogP contribution in [0.15, 0.2) is 18.2 Å². The molecule has 0 bridgehead atoms. The molecule has 0 saturated heterocycles. The number of alkyl halides is 1. The van der Waals surface area contributed by atoms with Crippen molar-refractivity contribution in [2.75, 3.05) is 26.7 Å². The summed E-state index contributed by atoms with van der Waals surface area (Å²) in [5.74, 6) is 1.75. The highest BCUT2D eigenvalue weighted by Gasteiger charge is 2.06. The second-order valence-electron chi connectivity index (χ2n) is 3.31. The van der Waals surface area contributed by atoms with Crippen molar-refractivity contribution in [3.05, 3.63) is 23.8 Å². The number of benzene rings is 1. The van der Waals surface area contributed by atoms with E-state index in [0.29, 0.717) is 0 Å².